The highest BCUT2D eigenvalue weighted by atomic mass is 127. The zero-order valence-electron chi connectivity index (χ0n) is 17.8. The zero-order chi connectivity index (χ0) is 20.6. The Morgan fingerprint density at radius 2 is 1.86 bits per heavy atom. The van der Waals surface area contributed by atoms with E-state index in [0.29, 0.717) is 26.2 Å². The first-order chi connectivity index (χ1) is 13.4. The normalized spacial score (nSPS) is 15.5. The maximum Gasteiger partial charge on any atom is 0.409 e. The summed E-state index contributed by atoms with van der Waals surface area (Å²) < 4.78 is 18.3. The summed E-state index contributed by atoms with van der Waals surface area (Å²) in [6.07, 6.45) is 1.47. The van der Waals surface area contributed by atoms with Crippen molar-refractivity contribution in [3.05, 3.63) is 35.6 Å². The molecule has 8 heteroatoms. The number of benzene rings is 1. The van der Waals surface area contributed by atoms with Crippen molar-refractivity contribution >= 4 is 36.0 Å². The summed E-state index contributed by atoms with van der Waals surface area (Å²) in [4.78, 5) is 18.3. The van der Waals surface area contributed by atoms with Crippen molar-refractivity contribution < 1.29 is 13.9 Å². The second-order valence-corrected chi connectivity index (χ2v) is 7.69. The van der Waals surface area contributed by atoms with Gasteiger partial charge in [-0.05, 0) is 44.4 Å². The molecule has 0 atom stereocenters. The number of amides is 1. The molecule has 0 unspecified atom stereocenters. The molecule has 1 aliphatic rings. The topological polar surface area (TPSA) is 66.0 Å². The molecule has 0 spiro atoms. The number of carbonyl (C=O) groups excluding carboxylic acids is 1. The predicted octanol–water partition coefficient (Wildman–Crippen LogP) is 3.90. The molecule has 2 N–H and O–H groups in total. The van der Waals surface area contributed by atoms with Crippen LogP contribution >= 0.6 is 24.0 Å². The molecule has 6 nitrogen and oxygen atoms in total. The lowest BCUT2D eigenvalue weighted by atomic mass is 9.85. The number of ether oxygens (including phenoxy) is 1. The number of halogens is 2. The van der Waals surface area contributed by atoms with Gasteiger partial charge in [0.05, 0.1) is 13.2 Å². The molecule has 0 aliphatic carbocycles. The standard InChI is InChI=1S/C21H33FN4O2.HI/c1-5-23-19(24-15-21(3,4)16-7-9-17(22)10-8-16)25-18-11-13-26(14-12-18)20(27)28-6-2;/h7-10,18H,5-6,11-15H2,1-4H3,(H2,23,24,25);1H. The van der Waals surface area contributed by atoms with Gasteiger partial charge in [0.15, 0.2) is 5.96 Å². The SMILES string of the molecule is CCNC(=NCC(C)(C)c1ccc(F)cc1)NC1CCN(C(=O)OCC)CC1.I. The third-order valence-electron chi connectivity index (χ3n) is 4.96. The second kappa shape index (κ2) is 12.2. The first-order valence-electron chi connectivity index (χ1n) is 10.1. The Hall–Kier alpha value is -1.58. The second-order valence-electron chi connectivity index (χ2n) is 7.69. The minimum atomic E-state index is -0.234. The summed E-state index contributed by atoms with van der Waals surface area (Å²) in [5.41, 5.74) is 0.847. The number of hydrogen-bond acceptors (Lipinski definition) is 3. The lowest BCUT2D eigenvalue weighted by molar-refractivity contribution is 0.0963. The molecule has 29 heavy (non-hydrogen) atoms. The van der Waals surface area contributed by atoms with Crippen molar-refractivity contribution in [2.75, 3.05) is 32.8 Å². The molecule has 1 saturated heterocycles. The predicted molar refractivity (Wildman–Crippen MR) is 126 cm³/mol. The van der Waals surface area contributed by atoms with Gasteiger partial charge >= 0.3 is 6.09 Å². The Balaban J connectivity index is 0.00000420. The van der Waals surface area contributed by atoms with E-state index in [2.05, 4.69) is 24.5 Å². The van der Waals surface area contributed by atoms with Gasteiger partial charge in [0, 0.05) is 31.1 Å². The van der Waals surface area contributed by atoms with Gasteiger partial charge in [-0.2, -0.15) is 0 Å². The maximum absolute atomic E-state index is 13.2. The van der Waals surface area contributed by atoms with Gasteiger partial charge in [-0.15, -0.1) is 24.0 Å². The number of guanidine groups is 1. The third-order valence-corrected chi connectivity index (χ3v) is 4.96. The largest absolute Gasteiger partial charge is 0.450 e. The van der Waals surface area contributed by atoms with Gasteiger partial charge in [-0.25, -0.2) is 9.18 Å². The van der Waals surface area contributed by atoms with Gasteiger partial charge in [-0.1, -0.05) is 26.0 Å². The molecule has 2 rings (SSSR count). The van der Waals surface area contributed by atoms with Crippen LogP contribution < -0.4 is 10.6 Å². The van der Waals surface area contributed by atoms with Crippen LogP contribution in [-0.4, -0.2) is 55.8 Å². The van der Waals surface area contributed by atoms with Crippen molar-refractivity contribution in [2.24, 2.45) is 4.99 Å². The van der Waals surface area contributed by atoms with Crippen LogP contribution in [0.2, 0.25) is 0 Å². The molecule has 0 saturated carbocycles. The molecule has 0 aromatic heterocycles. The molecule has 1 amide bonds. The molecule has 0 radical (unpaired) electrons. The molecule has 0 bridgehead atoms. The Kier molecular flexibility index (Phi) is 10.7. The molecular formula is C21H34FIN4O2. The highest BCUT2D eigenvalue weighted by Crippen LogP contribution is 2.23. The number of carbonyl (C=O) groups is 1. The van der Waals surface area contributed by atoms with E-state index in [1.807, 2.05) is 26.0 Å². The van der Waals surface area contributed by atoms with Crippen LogP contribution in [0.25, 0.3) is 0 Å². The number of rotatable bonds is 6. The quantitative estimate of drug-likeness (QED) is 0.340. The Morgan fingerprint density at radius 3 is 2.41 bits per heavy atom. The third kappa shape index (κ3) is 7.98. The minimum Gasteiger partial charge on any atom is -0.450 e. The van der Waals surface area contributed by atoms with Crippen LogP contribution in [0.3, 0.4) is 0 Å². The molecular weight excluding hydrogens is 486 g/mol. The number of nitrogens with one attached hydrogen (secondary N) is 2. The summed E-state index contributed by atoms with van der Waals surface area (Å²) >= 11 is 0. The van der Waals surface area contributed by atoms with Crippen molar-refractivity contribution in [1.29, 1.82) is 0 Å². The van der Waals surface area contributed by atoms with Crippen LogP contribution in [0.4, 0.5) is 9.18 Å². The molecule has 1 fully saturated rings. The zero-order valence-corrected chi connectivity index (χ0v) is 20.2. The van der Waals surface area contributed by atoms with Crippen LogP contribution in [-0.2, 0) is 10.2 Å². The Labute approximate surface area is 190 Å². The van der Waals surface area contributed by atoms with Crippen LogP contribution in [0.15, 0.2) is 29.3 Å². The van der Waals surface area contributed by atoms with Crippen LogP contribution in [0.5, 0.6) is 0 Å². The van der Waals surface area contributed by atoms with Gasteiger partial charge in [0.25, 0.3) is 0 Å². The van der Waals surface area contributed by atoms with E-state index in [9.17, 15) is 9.18 Å². The molecule has 1 aromatic rings. The lowest BCUT2D eigenvalue weighted by Gasteiger charge is -2.32. The molecule has 1 aliphatic heterocycles. The summed E-state index contributed by atoms with van der Waals surface area (Å²) in [7, 11) is 0. The number of nitrogens with zero attached hydrogens (tertiary/aromatic N) is 2. The number of likely N-dealkylation sites (tertiary alicyclic amines) is 1. The van der Waals surface area contributed by atoms with Crippen molar-refractivity contribution in [1.82, 2.24) is 15.5 Å². The summed E-state index contributed by atoms with van der Waals surface area (Å²) in [6.45, 7) is 11.2. The monoisotopic (exact) mass is 520 g/mol. The van der Waals surface area contributed by atoms with Gasteiger partial charge in [0.2, 0.25) is 0 Å². The highest BCUT2D eigenvalue weighted by Gasteiger charge is 2.25. The van der Waals surface area contributed by atoms with E-state index in [-0.39, 0.29) is 47.3 Å². The van der Waals surface area contributed by atoms with E-state index in [1.54, 1.807) is 4.90 Å². The van der Waals surface area contributed by atoms with E-state index in [1.165, 1.54) is 12.1 Å². The maximum atomic E-state index is 13.2. The highest BCUT2D eigenvalue weighted by molar-refractivity contribution is 14.0. The molecule has 1 aromatic carbocycles. The van der Waals surface area contributed by atoms with Crippen molar-refractivity contribution in [3.8, 4) is 0 Å². The van der Waals surface area contributed by atoms with E-state index < -0.39 is 0 Å². The Morgan fingerprint density at radius 1 is 1.24 bits per heavy atom. The fraction of sp³-hybridized carbons (Fsp3) is 0.619. The summed E-state index contributed by atoms with van der Waals surface area (Å²) in [5, 5.41) is 6.77. The smallest absolute Gasteiger partial charge is 0.409 e. The number of piperidine rings is 1. The van der Waals surface area contributed by atoms with E-state index in [4.69, 9.17) is 9.73 Å². The van der Waals surface area contributed by atoms with Crippen molar-refractivity contribution in [2.45, 2.75) is 52.0 Å². The molecule has 164 valence electrons. The summed E-state index contributed by atoms with van der Waals surface area (Å²) in [5.74, 6) is 0.541. The Bertz CT molecular complexity index is 659. The fourth-order valence-electron chi connectivity index (χ4n) is 3.20. The summed E-state index contributed by atoms with van der Waals surface area (Å²) in [6, 6.07) is 6.87. The fourth-order valence-corrected chi connectivity index (χ4v) is 3.20. The lowest BCUT2D eigenvalue weighted by Crippen LogP contribution is -2.50. The average molecular weight is 520 g/mol. The van der Waals surface area contributed by atoms with Gasteiger partial charge in [0.1, 0.15) is 5.82 Å². The van der Waals surface area contributed by atoms with Crippen LogP contribution in [0, 0.1) is 5.82 Å². The number of aliphatic imine (C=N–C) groups is 1. The van der Waals surface area contributed by atoms with Crippen LogP contribution in [0.1, 0.15) is 46.1 Å². The first-order valence-corrected chi connectivity index (χ1v) is 10.1. The van der Waals surface area contributed by atoms with E-state index in [0.717, 1.165) is 30.9 Å². The van der Waals surface area contributed by atoms with E-state index >= 15 is 0 Å². The van der Waals surface area contributed by atoms with Gasteiger partial charge < -0.3 is 20.3 Å². The number of hydrogen-bond donors (Lipinski definition) is 2. The van der Waals surface area contributed by atoms with Gasteiger partial charge in [-0.3, -0.25) is 4.99 Å². The first kappa shape index (κ1) is 25.5. The molecule has 1 heterocycles. The van der Waals surface area contributed by atoms with Crippen molar-refractivity contribution in [3.63, 3.8) is 0 Å². The average Bonchev–Trinajstić information content (AvgIpc) is 2.67. The minimum absolute atomic E-state index is 0.